The van der Waals surface area contributed by atoms with Crippen molar-refractivity contribution in [2.45, 2.75) is 12.5 Å². The summed E-state index contributed by atoms with van der Waals surface area (Å²) in [5, 5.41) is 9.58. The van der Waals surface area contributed by atoms with Crippen LogP contribution in [0.1, 0.15) is 22.9 Å². The van der Waals surface area contributed by atoms with Crippen LogP contribution < -0.4 is 15.5 Å². The van der Waals surface area contributed by atoms with E-state index in [1.165, 1.54) is 15.3 Å². The second-order valence-electron chi connectivity index (χ2n) is 5.57. The Kier molecular flexibility index (Phi) is 6.83. The van der Waals surface area contributed by atoms with E-state index in [1.807, 2.05) is 6.07 Å². The van der Waals surface area contributed by atoms with Gasteiger partial charge in [0.1, 0.15) is 0 Å². The molecule has 0 bridgehead atoms. The van der Waals surface area contributed by atoms with Gasteiger partial charge in [-0.15, -0.1) is 11.3 Å². The van der Waals surface area contributed by atoms with Gasteiger partial charge in [-0.3, -0.25) is 0 Å². The van der Waals surface area contributed by atoms with E-state index < -0.39 is 0 Å². The number of rotatable bonds is 7. The minimum absolute atomic E-state index is 0.112. The molecule has 0 aliphatic carbocycles. The first-order valence-corrected chi connectivity index (χ1v) is 8.87. The molecule has 0 fully saturated rings. The van der Waals surface area contributed by atoms with Crippen LogP contribution in [0.4, 0.5) is 0 Å². The lowest BCUT2D eigenvalue weighted by Gasteiger charge is -2.20. The standard InChI is InChI=1S/C17H23N3S2/c1-20(2)12-7-11-18-17(21)19-16(15-10-6-13-22-15)14-8-4-3-5-9-14/h3-6,8-10,13,16H,7,11-12H2,1-2H3,(H2,18,19,21)/p+1/t16-/m1/s1. The molecule has 1 aromatic carbocycles. The first-order chi connectivity index (χ1) is 10.7. The van der Waals surface area contributed by atoms with Crippen molar-refractivity contribution < 1.29 is 4.90 Å². The van der Waals surface area contributed by atoms with Crippen LogP contribution in [0.15, 0.2) is 47.8 Å². The molecule has 2 aromatic rings. The number of thiophene rings is 1. The fourth-order valence-corrected chi connectivity index (χ4v) is 3.27. The van der Waals surface area contributed by atoms with Crippen LogP contribution in [0.2, 0.25) is 0 Å². The third-order valence-corrected chi connectivity index (χ3v) is 4.57. The lowest BCUT2D eigenvalue weighted by Crippen LogP contribution is -3.05. The molecule has 0 saturated carbocycles. The maximum Gasteiger partial charge on any atom is 0.167 e. The maximum absolute atomic E-state index is 5.46. The zero-order chi connectivity index (χ0) is 15.8. The smallest absolute Gasteiger partial charge is 0.167 e. The molecule has 0 aliphatic rings. The molecule has 3 nitrogen and oxygen atoms in total. The van der Waals surface area contributed by atoms with Crippen LogP contribution in [0, 0.1) is 0 Å². The number of nitrogens with one attached hydrogen (secondary N) is 3. The number of hydrogen-bond acceptors (Lipinski definition) is 2. The van der Waals surface area contributed by atoms with Crippen molar-refractivity contribution in [3.63, 3.8) is 0 Å². The summed E-state index contributed by atoms with van der Waals surface area (Å²) in [7, 11) is 4.33. The van der Waals surface area contributed by atoms with Crippen molar-refractivity contribution in [3.8, 4) is 0 Å². The molecule has 0 saturated heterocycles. The quantitative estimate of drug-likeness (QED) is 0.533. The van der Waals surface area contributed by atoms with Crippen LogP contribution in [0.5, 0.6) is 0 Å². The van der Waals surface area contributed by atoms with E-state index in [4.69, 9.17) is 12.2 Å². The summed E-state index contributed by atoms with van der Waals surface area (Å²) in [6, 6.07) is 14.8. The molecule has 1 aromatic heterocycles. The van der Waals surface area contributed by atoms with Crippen LogP contribution in [-0.2, 0) is 0 Å². The zero-order valence-electron chi connectivity index (χ0n) is 13.1. The molecule has 0 spiro atoms. The molecule has 2 rings (SSSR count). The van der Waals surface area contributed by atoms with Crippen molar-refractivity contribution in [2.75, 3.05) is 27.2 Å². The predicted molar refractivity (Wildman–Crippen MR) is 98.6 cm³/mol. The molecular weight excluding hydrogens is 310 g/mol. The Morgan fingerprint density at radius 1 is 1.18 bits per heavy atom. The largest absolute Gasteiger partial charge is 0.362 e. The fourth-order valence-electron chi connectivity index (χ4n) is 2.25. The molecule has 1 heterocycles. The molecule has 22 heavy (non-hydrogen) atoms. The first-order valence-electron chi connectivity index (χ1n) is 7.58. The Balaban J connectivity index is 1.94. The Morgan fingerprint density at radius 3 is 2.59 bits per heavy atom. The fraction of sp³-hybridized carbons (Fsp3) is 0.353. The minimum Gasteiger partial charge on any atom is -0.362 e. The van der Waals surface area contributed by atoms with E-state index in [0.717, 1.165) is 24.6 Å². The van der Waals surface area contributed by atoms with E-state index in [1.54, 1.807) is 11.3 Å². The number of quaternary nitrogens is 1. The van der Waals surface area contributed by atoms with Crippen LogP contribution in [0.3, 0.4) is 0 Å². The molecule has 3 N–H and O–H groups in total. The molecule has 5 heteroatoms. The van der Waals surface area contributed by atoms with E-state index in [-0.39, 0.29) is 6.04 Å². The van der Waals surface area contributed by atoms with Crippen molar-refractivity contribution in [2.24, 2.45) is 0 Å². The number of hydrogen-bond donors (Lipinski definition) is 3. The molecular formula is C17H24N3S2+. The van der Waals surface area contributed by atoms with Crippen molar-refractivity contribution >= 4 is 28.7 Å². The average molecular weight is 335 g/mol. The summed E-state index contributed by atoms with van der Waals surface area (Å²) < 4.78 is 0. The molecule has 0 unspecified atom stereocenters. The summed E-state index contributed by atoms with van der Waals surface area (Å²) in [6.07, 6.45) is 1.11. The summed E-state index contributed by atoms with van der Waals surface area (Å²) in [5.74, 6) is 0. The first kappa shape index (κ1) is 16.9. The SMILES string of the molecule is C[NH+](C)CCCNC(=S)N[C@H](c1ccccc1)c1cccs1. The Hall–Kier alpha value is -1.43. The van der Waals surface area contributed by atoms with Crippen LogP contribution in [0.25, 0.3) is 0 Å². The maximum atomic E-state index is 5.46. The zero-order valence-corrected chi connectivity index (χ0v) is 14.8. The van der Waals surface area contributed by atoms with E-state index in [0.29, 0.717) is 0 Å². The van der Waals surface area contributed by atoms with Gasteiger partial charge >= 0.3 is 0 Å². The van der Waals surface area contributed by atoms with Gasteiger partial charge in [0, 0.05) is 17.8 Å². The summed E-state index contributed by atoms with van der Waals surface area (Å²) in [5.41, 5.74) is 1.23. The lowest BCUT2D eigenvalue weighted by atomic mass is 10.1. The third kappa shape index (κ3) is 5.40. The van der Waals surface area contributed by atoms with Gasteiger partial charge in [-0.1, -0.05) is 36.4 Å². The second-order valence-corrected chi connectivity index (χ2v) is 6.96. The minimum atomic E-state index is 0.112. The number of thiocarbonyl (C=S) groups is 1. The van der Waals surface area contributed by atoms with Gasteiger partial charge in [0.05, 0.1) is 26.7 Å². The lowest BCUT2D eigenvalue weighted by molar-refractivity contribution is -0.858. The van der Waals surface area contributed by atoms with E-state index in [2.05, 4.69) is 66.5 Å². The normalized spacial score (nSPS) is 12.1. The van der Waals surface area contributed by atoms with Gasteiger partial charge in [-0.25, -0.2) is 0 Å². The monoisotopic (exact) mass is 334 g/mol. The molecule has 0 aliphatic heterocycles. The summed E-state index contributed by atoms with van der Waals surface area (Å²) in [4.78, 5) is 2.73. The van der Waals surface area contributed by atoms with E-state index in [9.17, 15) is 0 Å². The molecule has 0 amide bonds. The van der Waals surface area contributed by atoms with Gasteiger partial charge in [0.2, 0.25) is 0 Å². The van der Waals surface area contributed by atoms with Crippen molar-refractivity contribution in [3.05, 3.63) is 58.3 Å². The van der Waals surface area contributed by atoms with E-state index >= 15 is 0 Å². The third-order valence-electron chi connectivity index (χ3n) is 3.38. The van der Waals surface area contributed by atoms with Crippen LogP contribution in [-0.4, -0.2) is 32.3 Å². The predicted octanol–water partition coefficient (Wildman–Crippen LogP) is 1.84. The molecule has 118 valence electrons. The van der Waals surface area contributed by atoms with Gasteiger partial charge in [0.25, 0.3) is 0 Å². The van der Waals surface area contributed by atoms with Gasteiger partial charge in [-0.05, 0) is 29.2 Å². The highest BCUT2D eigenvalue weighted by Gasteiger charge is 2.15. The van der Waals surface area contributed by atoms with Gasteiger partial charge in [0.15, 0.2) is 5.11 Å². The topological polar surface area (TPSA) is 28.5 Å². The Labute approximate surface area is 142 Å². The van der Waals surface area contributed by atoms with Crippen molar-refractivity contribution in [1.29, 1.82) is 0 Å². The van der Waals surface area contributed by atoms with Crippen molar-refractivity contribution in [1.82, 2.24) is 10.6 Å². The highest BCUT2D eigenvalue weighted by Crippen LogP contribution is 2.25. The molecule has 0 radical (unpaired) electrons. The average Bonchev–Trinajstić information content (AvgIpc) is 3.04. The van der Waals surface area contributed by atoms with Gasteiger partial charge < -0.3 is 15.5 Å². The van der Waals surface area contributed by atoms with Gasteiger partial charge in [-0.2, -0.15) is 0 Å². The molecule has 1 atom stereocenters. The number of benzene rings is 1. The highest BCUT2D eigenvalue weighted by molar-refractivity contribution is 7.80. The Bertz CT molecular complexity index is 553. The second kappa shape index (κ2) is 8.88. The summed E-state index contributed by atoms with van der Waals surface area (Å²) >= 11 is 7.21. The Morgan fingerprint density at radius 2 is 1.95 bits per heavy atom. The summed E-state index contributed by atoms with van der Waals surface area (Å²) in [6.45, 7) is 2.05. The van der Waals surface area contributed by atoms with Crippen LogP contribution >= 0.6 is 23.6 Å². The highest BCUT2D eigenvalue weighted by atomic mass is 32.1.